The van der Waals surface area contributed by atoms with Gasteiger partial charge in [0.25, 0.3) is 5.91 Å². The zero-order chi connectivity index (χ0) is 22.3. The Morgan fingerprint density at radius 3 is 2.56 bits per heavy atom. The monoisotopic (exact) mass is 432 g/mol. The van der Waals surface area contributed by atoms with Gasteiger partial charge in [-0.3, -0.25) is 19.4 Å². The van der Waals surface area contributed by atoms with Gasteiger partial charge in [0.05, 0.1) is 18.3 Å². The van der Waals surface area contributed by atoms with Crippen molar-refractivity contribution in [1.82, 2.24) is 19.8 Å². The number of hydrogen-bond acceptors (Lipinski definition) is 5. The van der Waals surface area contributed by atoms with Crippen molar-refractivity contribution in [3.63, 3.8) is 0 Å². The van der Waals surface area contributed by atoms with Crippen LogP contribution in [0.2, 0.25) is 0 Å². The minimum absolute atomic E-state index is 0.0661. The van der Waals surface area contributed by atoms with Crippen LogP contribution >= 0.6 is 0 Å². The van der Waals surface area contributed by atoms with Crippen LogP contribution in [0.1, 0.15) is 21.5 Å². The summed E-state index contributed by atoms with van der Waals surface area (Å²) in [5, 5.41) is 0. The van der Waals surface area contributed by atoms with Crippen molar-refractivity contribution in [1.29, 1.82) is 0 Å². The quantitative estimate of drug-likeness (QED) is 0.641. The molecule has 1 aromatic carbocycles. The number of carbonyl (C=O) groups excluding carboxylic acids is 2. The number of H-pyrrole nitrogens is 1. The molecule has 0 saturated carbocycles. The fourth-order valence-electron chi connectivity index (χ4n) is 3.62. The molecule has 1 aliphatic heterocycles. The molecule has 0 radical (unpaired) electrons. The Balaban J connectivity index is 1.54. The highest BCUT2D eigenvalue weighted by Crippen LogP contribution is 2.16. The van der Waals surface area contributed by atoms with Gasteiger partial charge in [-0.05, 0) is 23.3 Å². The van der Waals surface area contributed by atoms with Crippen LogP contribution in [0.3, 0.4) is 0 Å². The van der Waals surface area contributed by atoms with E-state index in [0.717, 1.165) is 11.1 Å². The number of carbonyl (C=O) groups is 2. The summed E-state index contributed by atoms with van der Waals surface area (Å²) in [6.45, 7) is 1.32. The molecule has 3 aromatic rings. The zero-order valence-electron chi connectivity index (χ0n) is 17.5. The molecule has 4 rings (SSSR count). The summed E-state index contributed by atoms with van der Waals surface area (Å²) >= 11 is 0. The summed E-state index contributed by atoms with van der Waals surface area (Å²) in [5.74, 6) is -0.497. The molecule has 0 spiro atoms. The number of benzene rings is 1. The fourth-order valence-corrected chi connectivity index (χ4v) is 3.62. The van der Waals surface area contributed by atoms with Crippen molar-refractivity contribution in [2.45, 2.75) is 19.3 Å². The average molecular weight is 432 g/mol. The first-order chi connectivity index (χ1) is 15.6. The standard InChI is InChI=1S/C24H24N4O4/c29-22-9-8-20(12-26-22)24(31)28-15-21(32-17-18-5-2-1-3-6-18)14-27(23(30)16-28)13-19-7-4-10-25-11-19/h1-12,21H,13-17H2,(H,26,29). The van der Waals surface area contributed by atoms with Crippen LogP contribution in [-0.2, 0) is 22.7 Å². The minimum atomic E-state index is -0.370. The zero-order valence-corrected chi connectivity index (χ0v) is 17.5. The predicted molar refractivity (Wildman–Crippen MR) is 118 cm³/mol. The smallest absolute Gasteiger partial charge is 0.255 e. The van der Waals surface area contributed by atoms with Crippen LogP contribution in [0.25, 0.3) is 0 Å². The van der Waals surface area contributed by atoms with Crippen molar-refractivity contribution >= 4 is 11.8 Å². The first kappa shape index (κ1) is 21.5. The number of aromatic nitrogens is 2. The maximum absolute atomic E-state index is 13.1. The first-order valence-corrected chi connectivity index (χ1v) is 10.4. The van der Waals surface area contributed by atoms with E-state index in [-0.39, 0.29) is 36.6 Å². The molecule has 1 saturated heterocycles. The summed E-state index contributed by atoms with van der Waals surface area (Å²) in [4.78, 5) is 47.3. The summed E-state index contributed by atoms with van der Waals surface area (Å²) in [6, 6.07) is 16.3. The highest BCUT2D eigenvalue weighted by atomic mass is 16.5. The molecule has 0 bridgehead atoms. The molecule has 2 aromatic heterocycles. The van der Waals surface area contributed by atoms with E-state index >= 15 is 0 Å². The molecule has 1 fully saturated rings. The van der Waals surface area contributed by atoms with E-state index in [1.165, 1.54) is 23.2 Å². The molecule has 8 nitrogen and oxygen atoms in total. The second kappa shape index (κ2) is 10.0. The van der Waals surface area contributed by atoms with Crippen LogP contribution < -0.4 is 5.56 Å². The number of hydrogen-bond donors (Lipinski definition) is 1. The summed E-state index contributed by atoms with van der Waals surface area (Å²) in [7, 11) is 0. The maximum Gasteiger partial charge on any atom is 0.255 e. The lowest BCUT2D eigenvalue weighted by Crippen LogP contribution is -2.39. The molecular formula is C24H24N4O4. The van der Waals surface area contributed by atoms with Gasteiger partial charge >= 0.3 is 0 Å². The van der Waals surface area contributed by atoms with E-state index in [2.05, 4.69) is 9.97 Å². The van der Waals surface area contributed by atoms with Gasteiger partial charge in [0, 0.05) is 44.3 Å². The Morgan fingerprint density at radius 2 is 1.84 bits per heavy atom. The van der Waals surface area contributed by atoms with Crippen LogP contribution in [0.15, 0.2) is 78.0 Å². The van der Waals surface area contributed by atoms with Crippen LogP contribution in [-0.4, -0.2) is 57.3 Å². The largest absolute Gasteiger partial charge is 0.370 e. The molecular weight excluding hydrogens is 408 g/mol. The Labute approximate surface area is 185 Å². The van der Waals surface area contributed by atoms with Crippen LogP contribution in [0.4, 0.5) is 0 Å². The number of nitrogens with zero attached hydrogens (tertiary/aromatic N) is 3. The molecule has 32 heavy (non-hydrogen) atoms. The van der Waals surface area contributed by atoms with Gasteiger partial charge in [0.2, 0.25) is 11.5 Å². The van der Waals surface area contributed by atoms with Gasteiger partial charge in [-0.25, -0.2) is 0 Å². The number of amides is 2. The number of pyridine rings is 2. The van der Waals surface area contributed by atoms with Crippen molar-refractivity contribution in [2.24, 2.45) is 0 Å². The van der Waals surface area contributed by atoms with Gasteiger partial charge in [-0.1, -0.05) is 36.4 Å². The first-order valence-electron chi connectivity index (χ1n) is 10.4. The van der Waals surface area contributed by atoms with Crippen molar-refractivity contribution in [3.05, 3.63) is 100 Å². The third-order valence-corrected chi connectivity index (χ3v) is 5.27. The molecule has 8 heteroatoms. The second-order valence-corrected chi connectivity index (χ2v) is 7.68. The Morgan fingerprint density at radius 1 is 1.03 bits per heavy atom. The maximum atomic E-state index is 13.1. The lowest BCUT2D eigenvalue weighted by molar-refractivity contribution is -0.132. The Kier molecular flexibility index (Phi) is 6.72. The van der Waals surface area contributed by atoms with Crippen molar-refractivity contribution in [3.8, 4) is 0 Å². The third-order valence-electron chi connectivity index (χ3n) is 5.27. The Hall–Kier alpha value is -3.78. The summed E-state index contributed by atoms with van der Waals surface area (Å²) in [6.07, 6.45) is 4.41. The fraction of sp³-hybridized carbons (Fsp3) is 0.250. The van der Waals surface area contributed by atoms with Crippen molar-refractivity contribution in [2.75, 3.05) is 19.6 Å². The SMILES string of the molecule is O=C1CN(C(=O)c2ccc(=O)[nH]c2)CC(OCc2ccccc2)CN1Cc1cccnc1. The lowest BCUT2D eigenvalue weighted by Gasteiger charge is -2.25. The summed E-state index contributed by atoms with van der Waals surface area (Å²) < 4.78 is 6.14. The van der Waals surface area contributed by atoms with E-state index in [9.17, 15) is 14.4 Å². The number of aromatic amines is 1. The third kappa shape index (κ3) is 5.47. The normalized spacial score (nSPS) is 16.6. The molecule has 0 aliphatic carbocycles. The van der Waals surface area contributed by atoms with E-state index in [4.69, 9.17) is 4.74 Å². The molecule has 1 aliphatic rings. The van der Waals surface area contributed by atoms with Crippen molar-refractivity contribution < 1.29 is 14.3 Å². The molecule has 164 valence electrons. The van der Waals surface area contributed by atoms with E-state index in [1.807, 2.05) is 42.5 Å². The summed E-state index contributed by atoms with van der Waals surface area (Å²) in [5.41, 5.74) is 1.95. The van der Waals surface area contributed by atoms with Crippen LogP contribution in [0.5, 0.6) is 0 Å². The second-order valence-electron chi connectivity index (χ2n) is 7.68. The molecule has 3 heterocycles. The number of nitrogens with one attached hydrogen (secondary N) is 1. The Bertz CT molecular complexity index is 1100. The average Bonchev–Trinajstić information content (AvgIpc) is 2.98. The lowest BCUT2D eigenvalue weighted by atomic mass is 10.2. The molecule has 1 unspecified atom stereocenters. The molecule has 1 N–H and O–H groups in total. The highest BCUT2D eigenvalue weighted by Gasteiger charge is 2.31. The van der Waals surface area contributed by atoms with E-state index < -0.39 is 0 Å². The van der Waals surface area contributed by atoms with Gasteiger partial charge < -0.3 is 19.5 Å². The van der Waals surface area contributed by atoms with E-state index in [1.54, 1.807) is 17.3 Å². The van der Waals surface area contributed by atoms with Gasteiger partial charge in [0.15, 0.2) is 0 Å². The number of ether oxygens (including phenoxy) is 1. The topological polar surface area (TPSA) is 95.6 Å². The minimum Gasteiger partial charge on any atom is -0.370 e. The van der Waals surface area contributed by atoms with E-state index in [0.29, 0.717) is 25.3 Å². The molecule has 2 amide bonds. The van der Waals surface area contributed by atoms with Gasteiger partial charge in [0.1, 0.15) is 6.54 Å². The van der Waals surface area contributed by atoms with Crippen LogP contribution in [0, 0.1) is 0 Å². The molecule has 1 atom stereocenters. The highest BCUT2D eigenvalue weighted by molar-refractivity contribution is 5.96. The van der Waals surface area contributed by atoms with Gasteiger partial charge in [-0.2, -0.15) is 0 Å². The van der Waals surface area contributed by atoms with Gasteiger partial charge in [-0.15, -0.1) is 0 Å². The number of rotatable bonds is 6. The predicted octanol–water partition coefficient (Wildman–Crippen LogP) is 1.84.